The zero-order valence-electron chi connectivity index (χ0n) is 14.8. The molecule has 0 saturated carbocycles. The summed E-state index contributed by atoms with van der Waals surface area (Å²) in [5.74, 6) is 0.0633. The SMILES string of the molecule is CCOC(=O)c1ccc(Nc2ccc(NC(=O)Cc3cccs3)nc2)cc1. The molecule has 2 N–H and O–H groups in total. The first-order chi connectivity index (χ1) is 13.1. The number of carbonyl (C=O) groups excluding carboxylic acids is 2. The summed E-state index contributed by atoms with van der Waals surface area (Å²) in [5, 5.41) is 7.92. The second-order valence-electron chi connectivity index (χ2n) is 5.66. The molecular weight excluding hydrogens is 362 g/mol. The fourth-order valence-electron chi connectivity index (χ4n) is 2.37. The summed E-state index contributed by atoms with van der Waals surface area (Å²) < 4.78 is 4.96. The number of thiophene rings is 1. The van der Waals surface area contributed by atoms with Gasteiger partial charge in [0.2, 0.25) is 5.91 Å². The molecule has 2 heterocycles. The van der Waals surface area contributed by atoms with Gasteiger partial charge in [0.25, 0.3) is 0 Å². The first-order valence-corrected chi connectivity index (χ1v) is 9.34. The van der Waals surface area contributed by atoms with Crippen molar-refractivity contribution in [3.8, 4) is 0 Å². The lowest BCUT2D eigenvalue weighted by Crippen LogP contribution is -2.14. The molecule has 1 aromatic carbocycles. The van der Waals surface area contributed by atoms with E-state index < -0.39 is 0 Å². The smallest absolute Gasteiger partial charge is 0.338 e. The summed E-state index contributed by atoms with van der Waals surface area (Å²) in [4.78, 5) is 28.9. The van der Waals surface area contributed by atoms with Crippen LogP contribution in [0.25, 0.3) is 0 Å². The first kappa shape index (κ1) is 18.6. The van der Waals surface area contributed by atoms with E-state index in [-0.39, 0.29) is 11.9 Å². The number of nitrogens with zero attached hydrogens (tertiary/aromatic N) is 1. The summed E-state index contributed by atoms with van der Waals surface area (Å²) in [6, 6.07) is 14.4. The van der Waals surface area contributed by atoms with Gasteiger partial charge in [-0.1, -0.05) is 6.07 Å². The molecule has 0 aliphatic rings. The Morgan fingerprint density at radius 2 is 1.85 bits per heavy atom. The molecule has 7 heteroatoms. The lowest BCUT2D eigenvalue weighted by Gasteiger charge is -2.08. The number of esters is 1. The molecule has 1 amide bonds. The zero-order valence-corrected chi connectivity index (χ0v) is 15.6. The Balaban J connectivity index is 1.55. The highest BCUT2D eigenvalue weighted by Gasteiger charge is 2.07. The monoisotopic (exact) mass is 381 g/mol. The largest absolute Gasteiger partial charge is 0.462 e. The van der Waals surface area contributed by atoms with Crippen LogP contribution in [0.1, 0.15) is 22.2 Å². The molecule has 0 bridgehead atoms. The van der Waals surface area contributed by atoms with E-state index in [2.05, 4.69) is 15.6 Å². The molecule has 0 aliphatic heterocycles. The van der Waals surface area contributed by atoms with Gasteiger partial charge in [-0.25, -0.2) is 9.78 Å². The van der Waals surface area contributed by atoms with Gasteiger partial charge in [-0.3, -0.25) is 4.79 Å². The van der Waals surface area contributed by atoms with Gasteiger partial charge >= 0.3 is 5.97 Å². The van der Waals surface area contributed by atoms with Crippen molar-refractivity contribution in [1.29, 1.82) is 0 Å². The van der Waals surface area contributed by atoms with Gasteiger partial charge in [0.15, 0.2) is 0 Å². The van der Waals surface area contributed by atoms with Crippen LogP contribution in [0, 0.1) is 0 Å². The molecule has 0 fully saturated rings. The van der Waals surface area contributed by atoms with Crippen LogP contribution >= 0.6 is 11.3 Å². The van der Waals surface area contributed by atoms with E-state index in [0.717, 1.165) is 16.3 Å². The van der Waals surface area contributed by atoms with Crippen molar-refractivity contribution in [2.45, 2.75) is 13.3 Å². The molecule has 0 unspecified atom stereocenters. The number of pyridine rings is 1. The third-order valence-corrected chi connectivity index (χ3v) is 4.51. The average molecular weight is 381 g/mol. The van der Waals surface area contributed by atoms with Gasteiger partial charge in [0.05, 0.1) is 30.5 Å². The number of hydrogen-bond donors (Lipinski definition) is 2. The number of amides is 1. The van der Waals surface area contributed by atoms with Crippen LogP contribution in [0.4, 0.5) is 17.2 Å². The second-order valence-corrected chi connectivity index (χ2v) is 6.69. The Bertz CT molecular complexity index is 891. The highest BCUT2D eigenvalue weighted by molar-refractivity contribution is 7.10. The fraction of sp³-hybridized carbons (Fsp3) is 0.150. The minimum atomic E-state index is -0.339. The van der Waals surface area contributed by atoms with Crippen molar-refractivity contribution in [3.05, 3.63) is 70.5 Å². The molecule has 0 atom stereocenters. The summed E-state index contributed by atoms with van der Waals surface area (Å²) in [7, 11) is 0. The molecule has 138 valence electrons. The standard InChI is InChI=1S/C20H19N3O3S/c1-2-26-20(25)14-5-7-15(8-6-14)22-16-9-10-18(21-13-16)23-19(24)12-17-4-3-11-27-17/h3-11,13,22H,2,12H2,1H3,(H,21,23,24). The van der Waals surface area contributed by atoms with Crippen LogP contribution in [0.3, 0.4) is 0 Å². The molecule has 0 saturated heterocycles. The quantitative estimate of drug-likeness (QED) is 0.598. The van der Waals surface area contributed by atoms with Crippen LogP contribution < -0.4 is 10.6 Å². The van der Waals surface area contributed by atoms with Crippen LogP contribution in [-0.4, -0.2) is 23.5 Å². The highest BCUT2D eigenvalue weighted by Crippen LogP contribution is 2.18. The first-order valence-electron chi connectivity index (χ1n) is 8.46. The third-order valence-electron chi connectivity index (χ3n) is 3.63. The maximum Gasteiger partial charge on any atom is 0.338 e. The molecule has 3 rings (SSSR count). The fourth-order valence-corrected chi connectivity index (χ4v) is 3.07. The van der Waals surface area contributed by atoms with Crippen LogP contribution in [0.15, 0.2) is 60.1 Å². The van der Waals surface area contributed by atoms with Crippen LogP contribution in [0.5, 0.6) is 0 Å². The van der Waals surface area contributed by atoms with Gasteiger partial charge in [0, 0.05) is 10.6 Å². The molecule has 6 nitrogen and oxygen atoms in total. The van der Waals surface area contributed by atoms with Gasteiger partial charge in [0.1, 0.15) is 5.82 Å². The number of rotatable bonds is 7. The lowest BCUT2D eigenvalue weighted by molar-refractivity contribution is -0.115. The van der Waals surface area contributed by atoms with Gasteiger partial charge < -0.3 is 15.4 Å². The Labute approximate surface area is 161 Å². The molecule has 0 radical (unpaired) electrons. The number of ether oxygens (including phenoxy) is 1. The predicted molar refractivity (Wildman–Crippen MR) is 107 cm³/mol. The van der Waals surface area contributed by atoms with Crippen molar-refractivity contribution in [2.24, 2.45) is 0 Å². The molecule has 0 spiro atoms. The minimum Gasteiger partial charge on any atom is -0.462 e. The molecule has 2 aromatic heterocycles. The molecular formula is C20H19N3O3S. The van der Waals surface area contributed by atoms with Gasteiger partial charge in [-0.2, -0.15) is 0 Å². The Morgan fingerprint density at radius 3 is 2.48 bits per heavy atom. The average Bonchev–Trinajstić information content (AvgIpc) is 3.17. The highest BCUT2D eigenvalue weighted by atomic mass is 32.1. The molecule has 27 heavy (non-hydrogen) atoms. The second kappa shape index (κ2) is 8.95. The van der Waals surface area contributed by atoms with E-state index in [0.29, 0.717) is 24.4 Å². The normalized spacial score (nSPS) is 10.3. The van der Waals surface area contributed by atoms with E-state index in [4.69, 9.17) is 4.74 Å². The third kappa shape index (κ3) is 5.39. The van der Waals surface area contributed by atoms with E-state index in [1.54, 1.807) is 54.8 Å². The molecule has 0 aliphatic carbocycles. The van der Waals surface area contributed by atoms with Crippen LogP contribution in [-0.2, 0) is 16.0 Å². The van der Waals surface area contributed by atoms with Crippen molar-refractivity contribution in [2.75, 3.05) is 17.2 Å². The molecule has 3 aromatic rings. The number of carbonyl (C=O) groups is 2. The Morgan fingerprint density at radius 1 is 1.07 bits per heavy atom. The number of anilines is 3. The minimum absolute atomic E-state index is 0.0970. The van der Waals surface area contributed by atoms with E-state index in [9.17, 15) is 9.59 Å². The van der Waals surface area contributed by atoms with E-state index in [1.165, 1.54) is 0 Å². The van der Waals surface area contributed by atoms with E-state index in [1.807, 2.05) is 23.6 Å². The number of aromatic nitrogens is 1. The summed E-state index contributed by atoms with van der Waals surface area (Å²) >= 11 is 1.55. The van der Waals surface area contributed by atoms with Crippen molar-refractivity contribution in [1.82, 2.24) is 4.98 Å². The van der Waals surface area contributed by atoms with Crippen LogP contribution in [0.2, 0.25) is 0 Å². The predicted octanol–water partition coefficient (Wildman–Crippen LogP) is 4.24. The Kier molecular flexibility index (Phi) is 6.17. The topological polar surface area (TPSA) is 80.3 Å². The summed E-state index contributed by atoms with van der Waals surface area (Å²) in [5.41, 5.74) is 2.10. The van der Waals surface area contributed by atoms with E-state index >= 15 is 0 Å². The maximum atomic E-state index is 12.0. The number of nitrogens with one attached hydrogen (secondary N) is 2. The number of hydrogen-bond acceptors (Lipinski definition) is 6. The van der Waals surface area contributed by atoms with Gasteiger partial charge in [-0.15, -0.1) is 11.3 Å². The van der Waals surface area contributed by atoms with Gasteiger partial charge in [-0.05, 0) is 54.8 Å². The lowest BCUT2D eigenvalue weighted by atomic mass is 10.2. The maximum absolute atomic E-state index is 12.0. The number of benzene rings is 1. The summed E-state index contributed by atoms with van der Waals surface area (Å²) in [6.45, 7) is 2.12. The summed E-state index contributed by atoms with van der Waals surface area (Å²) in [6.07, 6.45) is 1.98. The van der Waals surface area contributed by atoms with Crippen molar-refractivity contribution in [3.63, 3.8) is 0 Å². The zero-order chi connectivity index (χ0) is 19.1. The Hall–Kier alpha value is -3.19. The van der Waals surface area contributed by atoms with Crippen molar-refractivity contribution < 1.29 is 14.3 Å². The van der Waals surface area contributed by atoms with Crippen molar-refractivity contribution >= 4 is 40.4 Å².